The van der Waals surface area contributed by atoms with Crippen molar-refractivity contribution in [3.05, 3.63) is 35.4 Å². The summed E-state index contributed by atoms with van der Waals surface area (Å²) in [7, 11) is 0. The summed E-state index contributed by atoms with van der Waals surface area (Å²) in [5.41, 5.74) is 2.15. The first kappa shape index (κ1) is 14.6. The van der Waals surface area contributed by atoms with E-state index in [2.05, 4.69) is 4.90 Å². The number of aromatic carboxylic acids is 1. The van der Waals surface area contributed by atoms with Gasteiger partial charge in [0.2, 0.25) is 0 Å². The van der Waals surface area contributed by atoms with Crippen LogP contribution < -0.4 is 0 Å². The van der Waals surface area contributed by atoms with E-state index in [0.717, 1.165) is 25.2 Å². The lowest BCUT2D eigenvalue weighted by atomic mass is 9.68. The predicted octanol–water partition coefficient (Wildman–Crippen LogP) is 3.93. The number of carboxylic acids is 1. The number of likely N-dealkylation sites (tertiary alicyclic amines) is 1. The van der Waals surface area contributed by atoms with E-state index in [1.54, 1.807) is 6.07 Å². The Bertz CT molecular complexity index is 496. The van der Waals surface area contributed by atoms with Crippen molar-refractivity contribution in [3.8, 4) is 0 Å². The minimum atomic E-state index is -0.836. The Labute approximate surface area is 127 Å². The van der Waals surface area contributed by atoms with Gasteiger partial charge in [0, 0.05) is 6.54 Å². The molecule has 1 aromatic carbocycles. The quantitative estimate of drug-likeness (QED) is 0.915. The number of hydrogen-bond acceptors (Lipinski definition) is 2. The van der Waals surface area contributed by atoms with Crippen molar-refractivity contribution in [2.24, 2.45) is 5.41 Å². The Hall–Kier alpha value is -1.35. The summed E-state index contributed by atoms with van der Waals surface area (Å²) in [4.78, 5) is 13.5. The number of piperidine rings is 1. The molecule has 0 radical (unpaired) electrons. The van der Waals surface area contributed by atoms with Crippen molar-refractivity contribution in [2.45, 2.75) is 51.5 Å². The van der Waals surface area contributed by atoms with Crippen molar-refractivity contribution in [2.75, 3.05) is 13.1 Å². The second kappa shape index (κ2) is 6.18. The maximum absolute atomic E-state index is 11.0. The molecule has 0 bridgehead atoms. The second-order valence-corrected chi connectivity index (χ2v) is 6.84. The van der Waals surface area contributed by atoms with Crippen LogP contribution in [0.2, 0.25) is 0 Å². The minimum Gasteiger partial charge on any atom is -0.478 e. The molecule has 114 valence electrons. The molecule has 1 N–H and O–H groups in total. The van der Waals surface area contributed by atoms with Crippen LogP contribution in [0.5, 0.6) is 0 Å². The van der Waals surface area contributed by atoms with Crippen LogP contribution >= 0.6 is 0 Å². The van der Waals surface area contributed by atoms with E-state index in [0.29, 0.717) is 11.0 Å². The van der Waals surface area contributed by atoms with Gasteiger partial charge in [-0.1, -0.05) is 31.4 Å². The van der Waals surface area contributed by atoms with Gasteiger partial charge in [0.05, 0.1) is 5.56 Å². The summed E-state index contributed by atoms with van der Waals surface area (Å²) in [6.45, 7) is 3.21. The molecule has 0 unspecified atom stereocenters. The highest BCUT2D eigenvalue weighted by molar-refractivity contribution is 5.87. The molecule has 0 atom stereocenters. The van der Waals surface area contributed by atoms with E-state index < -0.39 is 5.97 Å². The maximum Gasteiger partial charge on any atom is 0.335 e. The van der Waals surface area contributed by atoms with Gasteiger partial charge in [0.15, 0.2) is 0 Å². The molecule has 1 aliphatic heterocycles. The SMILES string of the molecule is O=C(O)c1cccc(CN2CCC3(CCCCC3)CC2)c1. The molecule has 21 heavy (non-hydrogen) atoms. The number of hydrogen-bond donors (Lipinski definition) is 1. The predicted molar refractivity (Wildman–Crippen MR) is 83.4 cm³/mol. The molecule has 0 amide bonds. The molecule has 1 saturated carbocycles. The zero-order valence-corrected chi connectivity index (χ0v) is 12.7. The lowest BCUT2D eigenvalue weighted by molar-refractivity contribution is 0.0640. The molecule has 3 rings (SSSR count). The standard InChI is InChI=1S/C18H25NO2/c20-17(21)16-6-4-5-15(13-16)14-19-11-9-18(10-12-19)7-2-1-3-8-18/h4-6,13H,1-3,7-12,14H2,(H,20,21). The maximum atomic E-state index is 11.0. The molecule has 1 heterocycles. The fraction of sp³-hybridized carbons (Fsp3) is 0.611. The van der Waals surface area contributed by atoms with E-state index in [-0.39, 0.29) is 0 Å². The molecule has 0 aromatic heterocycles. The van der Waals surface area contributed by atoms with Crippen LogP contribution in [0.15, 0.2) is 24.3 Å². The van der Waals surface area contributed by atoms with Crippen LogP contribution in [0.1, 0.15) is 60.9 Å². The van der Waals surface area contributed by atoms with Gasteiger partial charge < -0.3 is 5.11 Å². The lowest BCUT2D eigenvalue weighted by Gasteiger charge is -2.44. The first-order valence-electron chi connectivity index (χ1n) is 8.22. The van der Waals surface area contributed by atoms with Gasteiger partial charge in [-0.05, 0) is 61.9 Å². The van der Waals surface area contributed by atoms with E-state index >= 15 is 0 Å². The van der Waals surface area contributed by atoms with Crippen molar-refractivity contribution in [1.82, 2.24) is 4.90 Å². The molecule has 1 aliphatic carbocycles. The van der Waals surface area contributed by atoms with Gasteiger partial charge in [-0.15, -0.1) is 0 Å². The number of rotatable bonds is 3. The molecule has 3 nitrogen and oxygen atoms in total. The highest BCUT2D eigenvalue weighted by atomic mass is 16.4. The van der Waals surface area contributed by atoms with Crippen LogP contribution in [-0.4, -0.2) is 29.1 Å². The third-order valence-corrected chi connectivity index (χ3v) is 5.41. The van der Waals surface area contributed by atoms with Crippen LogP contribution in [0, 0.1) is 5.41 Å². The Morgan fingerprint density at radius 1 is 1.10 bits per heavy atom. The molecule has 1 spiro atoms. The molecule has 2 fully saturated rings. The average molecular weight is 287 g/mol. The summed E-state index contributed by atoms with van der Waals surface area (Å²) in [6, 6.07) is 7.37. The number of benzene rings is 1. The average Bonchev–Trinajstić information content (AvgIpc) is 2.51. The van der Waals surface area contributed by atoms with Gasteiger partial charge in [-0.3, -0.25) is 4.90 Å². The molecule has 1 aromatic rings. The van der Waals surface area contributed by atoms with E-state index in [4.69, 9.17) is 5.11 Å². The summed E-state index contributed by atoms with van der Waals surface area (Å²) in [5.74, 6) is -0.836. The van der Waals surface area contributed by atoms with Gasteiger partial charge in [-0.2, -0.15) is 0 Å². The first-order chi connectivity index (χ1) is 10.2. The summed E-state index contributed by atoms with van der Waals surface area (Å²) in [6.07, 6.45) is 9.76. The van der Waals surface area contributed by atoms with Crippen LogP contribution in [0.25, 0.3) is 0 Å². The minimum absolute atomic E-state index is 0.397. The first-order valence-corrected chi connectivity index (χ1v) is 8.22. The van der Waals surface area contributed by atoms with Crippen LogP contribution in [-0.2, 0) is 6.54 Å². The van der Waals surface area contributed by atoms with Crippen LogP contribution in [0.4, 0.5) is 0 Å². The third kappa shape index (κ3) is 3.46. The fourth-order valence-corrected chi connectivity index (χ4v) is 4.05. The number of carboxylic acid groups (broad SMARTS) is 1. The number of carbonyl (C=O) groups is 1. The Kier molecular flexibility index (Phi) is 4.29. The zero-order chi connectivity index (χ0) is 14.7. The monoisotopic (exact) mass is 287 g/mol. The van der Waals surface area contributed by atoms with Crippen molar-refractivity contribution < 1.29 is 9.90 Å². The second-order valence-electron chi connectivity index (χ2n) is 6.84. The smallest absolute Gasteiger partial charge is 0.335 e. The molecule has 3 heteroatoms. The van der Waals surface area contributed by atoms with E-state index in [1.807, 2.05) is 18.2 Å². The van der Waals surface area contributed by atoms with Gasteiger partial charge in [-0.25, -0.2) is 4.79 Å². The van der Waals surface area contributed by atoms with Crippen molar-refractivity contribution >= 4 is 5.97 Å². The molecular weight excluding hydrogens is 262 g/mol. The van der Waals surface area contributed by atoms with Gasteiger partial charge >= 0.3 is 5.97 Å². The largest absolute Gasteiger partial charge is 0.478 e. The van der Waals surface area contributed by atoms with Crippen molar-refractivity contribution in [3.63, 3.8) is 0 Å². The van der Waals surface area contributed by atoms with Gasteiger partial charge in [0.1, 0.15) is 0 Å². The highest BCUT2D eigenvalue weighted by Gasteiger charge is 2.35. The molecule has 2 aliphatic rings. The lowest BCUT2D eigenvalue weighted by Crippen LogP contribution is -2.40. The Morgan fingerprint density at radius 2 is 1.81 bits per heavy atom. The number of nitrogens with zero attached hydrogens (tertiary/aromatic N) is 1. The fourth-order valence-electron chi connectivity index (χ4n) is 4.05. The third-order valence-electron chi connectivity index (χ3n) is 5.41. The van der Waals surface area contributed by atoms with E-state index in [9.17, 15) is 4.79 Å². The highest BCUT2D eigenvalue weighted by Crippen LogP contribution is 2.44. The summed E-state index contributed by atoms with van der Waals surface area (Å²) < 4.78 is 0. The summed E-state index contributed by atoms with van der Waals surface area (Å²) >= 11 is 0. The molecule has 1 saturated heterocycles. The van der Waals surface area contributed by atoms with Gasteiger partial charge in [0.25, 0.3) is 0 Å². The molecular formula is C18H25NO2. The topological polar surface area (TPSA) is 40.5 Å². The Morgan fingerprint density at radius 3 is 2.48 bits per heavy atom. The van der Waals surface area contributed by atoms with Crippen molar-refractivity contribution in [1.29, 1.82) is 0 Å². The normalized spacial score (nSPS) is 22.3. The van der Waals surface area contributed by atoms with Crippen LogP contribution in [0.3, 0.4) is 0 Å². The zero-order valence-electron chi connectivity index (χ0n) is 12.7. The van der Waals surface area contributed by atoms with E-state index in [1.165, 1.54) is 44.9 Å². The Balaban J connectivity index is 1.57. The summed E-state index contributed by atoms with van der Waals surface area (Å²) in [5, 5.41) is 9.07.